The van der Waals surface area contributed by atoms with Crippen LogP contribution in [0.5, 0.6) is 0 Å². The van der Waals surface area contributed by atoms with Crippen molar-refractivity contribution >= 4 is 22.1 Å². The van der Waals surface area contributed by atoms with Crippen molar-refractivity contribution in [2.45, 2.75) is 0 Å². The summed E-state index contributed by atoms with van der Waals surface area (Å²) in [6.45, 7) is 0. The fraction of sp³-hybridized carbons (Fsp3) is 0. The van der Waals surface area contributed by atoms with Crippen LogP contribution >= 0.6 is 0 Å². The number of para-hydroxylation sites is 1. The van der Waals surface area contributed by atoms with E-state index in [1.807, 2.05) is 30.3 Å². The molecule has 1 N–H and O–H groups in total. The first kappa shape index (κ1) is 10.1. The van der Waals surface area contributed by atoms with Crippen molar-refractivity contribution in [1.29, 1.82) is 0 Å². The van der Waals surface area contributed by atoms with E-state index in [0.29, 0.717) is 5.65 Å². The topological polar surface area (TPSA) is 67.3 Å². The molecule has 0 unspecified atom stereocenters. The Balaban J connectivity index is 2.03. The molecule has 0 saturated heterocycles. The van der Waals surface area contributed by atoms with Gasteiger partial charge in [0.1, 0.15) is 17.7 Å². The van der Waals surface area contributed by atoms with Crippen LogP contribution in [0.25, 0.3) is 33.5 Å². The number of hydrogen-bond donors (Lipinski definition) is 1. The molecule has 0 radical (unpaired) electrons. The van der Waals surface area contributed by atoms with Gasteiger partial charge in [-0.05, 0) is 12.1 Å². The monoisotopic (exact) mass is 247 g/mol. The van der Waals surface area contributed by atoms with E-state index in [1.54, 1.807) is 12.4 Å². The highest BCUT2D eigenvalue weighted by Crippen LogP contribution is 2.25. The van der Waals surface area contributed by atoms with Crippen LogP contribution in [-0.4, -0.2) is 24.9 Å². The van der Waals surface area contributed by atoms with E-state index in [-0.39, 0.29) is 0 Å². The minimum atomic E-state index is 0.665. The molecule has 5 heteroatoms. The van der Waals surface area contributed by atoms with E-state index in [2.05, 4.69) is 24.9 Å². The number of rotatable bonds is 1. The Morgan fingerprint density at radius 1 is 1.00 bits per heavy atom. The van der Waals surface area contributed by atoms with E-state index >= 15 is 0 Å². The number of aromatic amines is 1. The summed E-state index contributed by atoms with van der Waals surface area (Å²) in [6, 6.07) is 10.00. The Kier molecular flexibility index (Phi) is 2.05. The Bertz CT molecular complexity index is 843. The Hall–Kier alpha value is -2.82. The molecule has 19 heavy (non-hydrogen) atoms. The molecule has 4 aromatic rings. The lowest BCUT2D eigenvalue weighted by Crippen LogP contribution is -1.85. The zero-order valence-electron chi connectivity index (χ0n) is 9.91. The summed E-state index contributed by atoms with van der Waals surface area (Å²) in [5.41, 5.74) is 3.39. The Morgan fingerprint density at radius 2 is 1.95 bits per heavy atom. The third-order valence-corrected chi connectivity index (χ3v) is 3.05. The third-order valence-electron chi connectivity index (χ3n) is 3.05. The van der Waals surface area contributed by atoms with Crippen LogP contribution in [-0.2, 0) is 0 Å². The van der Waals surface area contributed by atoms with Crippen LogP contribution in [0.15, 0.2) is 49.1 Å². The smallest absolute Gasteiger partial charge is 0.181 e. The number of H-pyrrole nitrogens is 1. The van der Waals surface area contributed by atoms with Crippen LogP contribution in [0.4, 0.5) is 0 Å². The van der Waals surface area contributed by atoms with Gasteiger partial charge in [0.15, 0.2) is 5.65 Å². The standard InChI is InChI=1S/C14H9N5/c1-3-9-4-2-6-16-12(9)10(5-1)13-18-11-7-15-8-17-14(11)19-13/h1-8H,(H,15,17,18,19). The first-order valence-corrected chi connectivity index (χ1v) is 5.92. The molecule has 4 rings (SSSR count). The number of imidazole rings is 1. The van der Waals surface area contributed by atoms with Gasteiger partial charge < -0.3 is 4.98 Å². The summed E-state index contributed by atoms with van der Waals surface area (Å²) in [6.07, 6.45) is 5.00. The predicted octanol–water partition coefficient (Wildman–Crippen LogP) is 2.57. The molecule has 3 heterocycles. The molecular weight excluding hydrogens is 238 g/mol. The van der Waals surface area contributed by atoms with Gasteiger partial charge >= 0.3 is 0 Å². The molecule has 0 aliphatic heterocycles. The summed E-state index contributed by atoms with van der Waals surface area (Å²) in [4.78, 5) is 20.3. The Labute approximate surface area is 108 Å². The molecule has 1 aromatic carbocycles. The highest BCUT2D eigenvalue weighted by molar-refractivity contribution is 5.93. The van der Waals surface area contributed by atoms with Crippen LogP contribution in [0.2, 0.25) is 0 Å². The summed E-state index contributed by atoms with van der Waals surface area (Å²) in [5, 5.41) is 1.09. The second-order valence-electron chi connectivity index (χ2n) is 4.23. The van der Waals surface area contributed by atoms with Crippen molar-refractivity contribution in [3.8, 4) is 11.4 Å². The molecule has 0 aliphatic rings. The molecule has 0 amide bonds. The van der Waals surface area contributed by atoms with E-state index in [4.69, 9.17) is 0 Å². The van der Waals surface area contributed by atoms with Crippen LogP contribution in [0.3, 0.4) is 0 Å². The number of nitrogens with one attached hydrogen (secondary N) is 1. The number of nitrogens with zero attached hydrogens (tertiary/aromatic N) is 4. The van der Waals surface area contributed by atoms with Gasteiger partial charge in [-0.1, -0.05) is 18.2 Å². The SMILES string of the molecule is c1cnc2c(-c3nc4ncncc4[nH]3)cccc2c1. The van der Waals surface area contributed by atoms with E-state index in [9.17, 15) is 0 Å². The van der Waals surface area contributed by atoms with Crippen molar-refractivity contribution < 1.29 is 0 Å². The number of pyridine rings is 1. The summed E-state index contributed by atoms with van der Waals surface area (Å²) >= 11 is 0. The first-order chi connectivity index (χ1) is 9.42. The average molecular weight is 247 g/mol. The Morgan fingerprint density at radius 3 is 2.89 bits per heavy atom. The van der Waals surface area contributed by atoms with Gasteiger partial charge in [0, 0.05) is 17.1 Å². The average Bonchev–Trinajstić information content (AvgIpc) is 2.90. The third kappa shape index (κ3) is 1.55. The number of fused-ring (bicyclic) bond motifs is 2. The van der Waals surface area contributed by atoms with Crippen LogP contribution in [0.1, 0.15) is 0 Å². The molecule has 0 saturated carbocycles. The molecule has 90 valence electrons. The van der Waals surface area contributed by atoms with Gasteiger partial charge in [0.25, 0.3) is 0 Å². The number of aromatic nitrogens is 5. The maximum atomic E-state index is 4.49. The molecular formula is C14H9N5. The highest BCUT2D eigenvalue weighted by atomic mass is 15.0. The summed E-state index contributed by atoms with van der Waals surface area (Å²) < 4.78 is 0. The summed E-state index contributed by atoms with van der Waals surface area (Å²) in [7, 11) is 0. The van der Waals surface area contributed by atoms with E-state index < -0.39 is 0 Å². The molecule has 0 aliphatic carbocycles. The second kappa shape index (κ2) is 3.84. The van der Waals surface area contributed by atoms with E-state index in [1.165, 1.54) is 6.33 Å². The maximum absolute atomic E-state index is 4.49. The first-order valence-electron chi connectivity index (χ1n) is 5.92. The lowest BCUT2D eigenvalue weighted by molar-refractivity contribution is 1.20. The fourth-order valence-electron chi connectivity index (χ4n) is 2.18. The maximum Gasteiger partial charge on any atom is 0.181 e. The number of benzene rings is 1. The fourth-order valence-corrected chi connectivity index (χ4v) is 2.18. The molecule has 0 spiro atoms. The minimum absolute atomic E-state index is 0.665. The van der Waals surface area contributed by atoms with Gasteiger partial charge in [0.2, 0.25) is 0 Å². The van der Waals surface area contributed by atoms with Crippen molar-refractivity contribution in [1.82, 2.24) is 24.9 Å². The van der Waals surface area contributed by atoms with Crippen molar-refractivity contribution in [2.24, 2.45) is 0 Å². The predicted molar refractivity (Wildman–Crippen MR) is 72.4 cm³/mol. The van der Waals surface area contributed by atoms with E-state index in [0.717, 1.165) is 27.8 Å². The molecule has 5 nitrogen and oxygen atoms in total. The van der Waals surface area contributed by atoms with Gasteiger partial charge in [-0.3, -0.25) is 4.98 Å². The largest absolute Gasteiger partial charge is 0.335 e. The zero-order valence-corrected chi connectivity index (χ0v) is 9.91. The minimum Gasteiger partial charge on any atom is -0.335 e. The van der Waals surface area contributed by atoms with Crippen LogP contribution in [0, 0.1) is 0 Å². The van der Waals surface area contributed by atoms with Crippen molar-refractivity contribution in [3.63, 3.8) is 0 Å². The molecule has 0 atom stereocenters. The molecule has 0 bridgehead atoms. The van der Waals surface area contributed by atoms with Crippen molar-refractivity contribution in [2.75, 3.05) is 0 Å². The van der Waals surface area contributed by atoms with Crippen LogP contribution < -0.4 is 0 Å². The lowest BCUT2D eigenvalue weighted by Gasteiger charge is -2.01. The molecule has 3 aromatic heterocycles. The van der Waals surface area contributed by atoms with Gasteiger partial charge in [0.05, 0.1) is 11.7 Å². The lowest BCUT2D eigenvalue weighted by atomic mass is 10.1. The highest BCUT2D eigenvalue weighted by Gasteiger charge is 2.09. The molecule has 0 fully saturated rings. The van der Waals surface area contributed by atoms with Crippen molar-refractivity contribution in [3.05, 3.63) is 49.1 Å². The second-order valence-corrected chi connectivity index (χ2v) is 4.23. The van der Waals surface area contributed by atoms with Gasteiger partial charge in [-0.15, -0.1) is 0 Å². The zero-order chi connectivity index (χ0) is 12.7. The number of hydrogen-bond acceptors (Lipinski definition) is 4. The van der Waals surface area contributed by atoms with Gasteiger partial charge in [-0.2, -0.15) is 0 Å². The van der Waals surface area contributed by atoms with Gasteiger partial charge in [-0.25, -0.2) is 15.0 Å². The quantitative estimate of drug-likeness (QED) is 0.561. The summed E-state index contributed by atoms with van der Waals surface area (Å²) in [5.74, 6) is 0.764. The normalized spacial score (nSPS) is 11.2.